The molecule has 190 valence electrons. The molecule has 0 saturated heterocycles. The molecule has 2 heterocycles. The number of carbonyl (C=O) groups excluding carboxylic acids is 1. The molecular weight excluding hydrogens is 492 g/mol. The van der Waals surface area contributed by atoms with Crippen molar-refractivity contribution in [1.29, 1.82) is 0 Å². The summed E-state index contributed by atoms with van der Waals surface area (Å²) in [5.74, 6) is 0.789. The molecule has 10 heteroatoms. The highest BCUT2D eigenvalue weighted by atomic mass is 32.2. The fourth-order valence-corrected chi connectivity index (χ4v) is 5.79. The minimum absolute atomic E-state index is 0.0105. The molecule has 0 unspecified atom stereocenters. The monoisotopic (exact) mass is 518 g/mol. The molecule has 0 bridgehead atoms. The van der Waals surface area contributed by atoms with E-state index >= 15 is 0 Å². The Balaban J connectivity index is 1.52. The summed E-state index contributed by atoms with van der Waals surface area (Å²) in [6.45, 7) is 6.29. The topological polar surface area (TPSA) is 106 Å². The van der Waals surface area contributed by atoms with Crippen LogP contribution in [0.1, 0.15) is 32.2 Å². The maximum Gasteiger partial charge on any atom is 0.343 e. The first kappa shape index (κ1) is 24.5. The Kier molecular flexibility index (Phi) is 5.99. The van der Waals surface area contributed by atoms with Gasteiger partial charge in [-0.15, -0.1) is 0 Å². The summed E-state index contributed by atoms with van der Waals surface area (Å²) < 4.78 is 38.6. The number of rotatable bonds is 5. The van der Waals surface area contributed by atoms with Gasteiger partial charge in [0.25, 0.3) is 10.0 Å². The van der Waals surface area contributed by atoms with E-state index in [0.29, 0.717) is 5.82 Å². The van der Waals surface area contributed by atoms with Gasteiger partial charge in [-0.3, -0.25) is 4.90 Å². The SMILES string of the molecule is COc1ccccc1N1C(=O)N(Cc2nc(-c3ccc(C(C)(C)C)cc3)no2)c2ccccc2S1(=O)=O. The molecule has 0 radical (unpaired) electrons. The first-order valence-corrected chi connectivity index (χ1v) is 13.1. The zero-order chi connectivity index (χ0) is 26.4. The van der Waals surface area contributed by atoms with Gasteiger partial charge in [0.2, 0.25) is 11.7 Å². The van der Waals surface area contributed by atoms with E-state index in [0.717, 1.165) is 9.87 Å². The number of amides is 2. The minimum Gasteiger partial charge on any atom is -0.495 e. The van der Waals surface area contributed by atoms with E-state index in [1.807, 2.05) is 24.3 Å². The van der Waals surface area contributed by atoms with Gasteiger partial charge in [-0.1, -0.05) is 74.5 Å². The summed E-state index contributed by atoms with van der Waals surface area (Å²) in [7, 11) is -2.79. The molecule has 0 aliphatic carbocycles. The third-order valence-corrected chi connectivity index (χ3v) is 7.89. The lowest BCUT2D eigenvalue weighted by Gasteiger charge is -2.35. The number of carbonyl (C=O) groups is 1. The number of ether oxygens (including phenoxy) is 1. The van der Waals surface area contributed by atoms with Crippen molar-refractivity contribution in [3.8, 4) is 17.1 Å². The number of hydrogen-bond acceptors (Lipinski definition) is 7. The van der Waals surface area contributed by atoms with E-state index in [-0.39, 0.29) is 39.9 Å². The van der Waals surface area contributed by atoms with Crippen LogP contribution in [-0.4, -0.2) is 31.7 Å². The second-order valence-electron chi connectivity index (χ2n) is 9.62. The Labute approximate surface area is 215 Å². The first-order chi connectivity index (χ1) is 17.6. The summed E-state index contributed by atoms with van der Waals surface area (Å²) >= 11 is 0. The highest BCUT2D eigenvalue weighted by molar-refractivity contribution is 7.94. The van der Waals surface area contributed by atoms with E-state index in [2.05, 4.69) is 30.9 Å². The number of aromatic nitrogens is 2. The van der Waals surface area contributed by atoms with Gasteiger partial charge in [0.15, 0.2) is 0 Å². The average molecular weight is 519 g/mol. The van der Waals surface area contributed by atoms with Gasteiger partial charge >= 0.3 is 6.03 Å². The van der Waals surface area contributed by atoms with Crippen molar-refractivity contribution in [2.75, 3.05) is 16.3 Å². The summed E-state index contributed by atoms with van der Waals surface area (Å²) in [5.41, 5.74) is 2.30. The van der Waals surface area contributed by atoms with Crippen LogP contribution >= 0.6 is 0 Å². The fraction of sp³-hybridized carbons (Fsp3) is 0.222. The van der Waals surface area contributed by atoms with Crippen molar-refractivity contribution in [3.63, 3.8) is 0 Å². The number of benzene rings is 3. The minimum atomic E-state index is -4.20. The maximum absolute atomic E-state index is 13.7. The van der Waals surface area contributed by atoms with Gasteiger partial charge in [-0.25, -0.2) is 13.2 Å². The van der Waals surface area contributed by atoms with E-state index < -0.39 is 16.1 Å². The molecule has 0 saturated carbocycles. The predicted octanol–water partition coefficient (Wildman–Crippen LogP) is 5.38. The van der Waals surface area contributed by atoms with Crippen LogP contribution < -0.4 is 13.9 Å². The van der Waals surface area contributed by atoms with Crippen LogP contribution in [0.5, 0.6) is 5.75 Å². The molecule has 37 heavy (non-hydrogen) atoms. The number of methoxy groups -OCH3 is 1. The van der Waals surface area contributed by atoms with Crippen molar-refractivity contribution in [2.45, 2.75) is 37.6 Å². The maximum atomic E-state index is 13.7. The zero-order valence-electron chi connectivity index (χ0n) is 20.9. The highest BCUT2D eigenvalue weighted by Crippen LogP contribution is 2.41. The summed E-state index contributed by atoms with van der Waals surface area (Å²) in [6.07, 6.45) is 0. The highest BCUT2D eigenvalue weighted by Gasteiger charge is 2.44. The number of nitrogens with zero attached hydrogens (tertiary/aromatic N) is 4. The molecule has 0 spiro atoms. The molecular formula is C27H26N4O5S. The van der Waals surface area contributed by atoms with Crippen LogP contribution in [0.3, 0.4) is 0 Å². The Bertz CT molecular complexity index is 1570. The van der Waals surface area contributed by atoms with E-state index in [4.69, 9.17) is 9.26 Å². The normalized spacial score (nSPS) is 15.0. The fourth-order valence-electron chi connectivity index (χ4n) is 4.19. The Hall–Kier alpha value is -4.18. The number of para-hydroxylation sites is 3. The van der Waals surface area contributed by atoms with Gasteiger partial charge in [-0.05, 0) is 35.2 Å². The molecule has 0 N–H and O–H groups in total. The molecule has 0 fully saturated rings. The second kappa shape index (κ2) is 9.04. The van der Waals surface area contributed by atoms with Crippen LogP contribution in [0.15, 0.2) is 82.2 Å². The van der Waals surface area contributed by atoms with Crippen LogP contribution in [0, 0.1) is 0 Å². The standard InChI is InChI=1S/C27H26N4O5S/c1-27(2,3)19-15-13-18(14-16-19)25-28-24(36-29-25)17-30-21-10-6-8-12-23(21)37(33,34)31(26(30)32)20-9-5-7-11-22(20)35-4/h5-16H,17H2,1-4H3. The number of anilines is 2. The molecule has 3 aromatic carbocycles. The Morgan fingerprint density at radius 3 is 2.24 bits per heavy atom. The molecule has 1 aromatic heterocycles. The third-order valence-electron chi connectivity index (χ3n) is 6.15. The van der Waals surface area contributed by atoms with Crippen molar-refractivity contribution in [3.05, 3.63) is 84.3 Å². The summed E-state index contributed by atoms with van der Waals surface area (Å²) in [4.78, 5) is 19.5. The smallest absolute Gasteiger partial charge is 0.343 e. The molecule has 1 aliphatic rings. The lowest BCUT2D eigenvalue weighted by atomic mass is 9.87. The quantitative estimate of drug-likeness (QED) is 0.349. The third kappa shape index (κ3) is 4.33. The Morgan fingerprint density at radius 1 is 0.919 bits per heavy atom. The number of sulfonamides is 1. The van der Waals surface area contributed by atoms with Gasteiger partial charge < -0.3 is 9.26 Å². The molecule has 9 nitrogen and oxygen atoms in total. The van der Waals surface area contributed by atoms with Crippen LogP contribution in [0.4, 0.5) is 16.2 Å². The summed E-state index contributed by atoms with van der Waals surface area (Å²) in [5, 5.41) is 4.08. The van der Waals surface area contributed by atoms with Crippen molar-refractivity contribution >= 4 is 27.4 Å². The largest absolute Gasteiger partial charge is 0.495 e. The van der Waals surface area contributed by atoms with Gasteiger partial charge in [0.05, 0.1) is 12.8 Å². The van der Waals surface area contributed by atoms with Gasteiger partial charge in [0, 0.05) is 5.56 Å². The lowest BCUT2D eigenvalue weighted by Crippen LogP contribution is -2.50. The number of fused-ring (bicyclic) bond motifs is 1. The van der Waals surface area contributed by atoms with Crippen molar-refractivity contribution in [2.24, 2.45) is 0 Å². The number of urea groups is 1. The predicted molar refractivity (Wildman–Crippen MR) is 139 cm³/mol. The molecule has 2 amide bonds. The second-order valence-corrected chi connectivity index (χ2v) is 11.4. The van der Waals surface area contributed by atoms with Crippen LogP contribution in [0.25, 0.3) is 11.4 Å². The Morgan fingerprint density at radius 2 is 1.57 bits per heavy atom. The summed E-state index contributed by atoms with van der Waals surface area (Å²) in [6, 6.07) is 19.9. The average Bonchev–Trinajstić information content (AvgIpc) is 3.35. The van der Waals surface area contributed by atoms with Gasteiger partial charge in [0.1, 0.15) is 22.9 Å². The molecule has 5 rings (SSSR count). The van der Waals surface area contributed by atoms with E-state index in [9.17, 15) is 13.2 Å². The number of hydrogen-bond donors (Lipinski definition) is 0. The molecule has 4 aromatic rings. The first-order valence-electron chi connectivity index (χ1n) is 11.6. The molecule has 0 atom stereocenters. The van der Waals surface area contributed by atoms with E-state index in [1.54, 1.807) is 36.4 Å². The van der Waals surface area contributed by atoms with E-state index in [1.165, 1.54) is 29.7 Å². The molecule has 1 aliphatic heterocycles. The van der Waals surface area contributed by atoms with Gasteiger partial charge in [-0.2, -0.15) is 9.29 Å². The van der Waals surface area contributed by atoms with Crippen molar-refractivity contribution in [1.82, 2.24) is 10.1 Å². The van der Waals surface area contributed by atoms with Crippen LogP contribution in [-0.2, 0) is 22.0 Å². The zero-order valence-corrected chi connectivity index (χ0v) is 21.7. The van der Waals surface area contributed by atoms with Crippen LogP contribution in [0.2, 0.25) is 0 Å². The lowest BCUT2D eigenvalue weighted by molar-refractivity contribution is 0.252. The van der Waals surface area contributed by atoms with Crippen molar-refractivity contribution < 1.29 is 22.5 Å².